The number of amides is 2. The number of piperidine rings is 1. The molecule has 2 amide bonds. The first-order chi connectivity index (χ1) is 9.56. The highest BCUT2D eigenvalue weighted by Gasteiger charge is 2.57. The van der Waals surface area contributed by atoms with E-state index in [1.165, 1.54) is 16.2 Å². The number of likely N-dealkylation sites (tertiary alicyclic amines) is 1. The average Bonchev–Trinajstić information content (AvgIpc) is 3.01. The van der Waals surface area contributed by atoms with Gasteiger partial charge in [0.05, 0.1) is 6.42 Å². The molecule has 0 radical (unpaired) electrons. The van der Waals surface area contributed by atoms with Crippen molar-refractivity contribution in [1.29, 1.82) is 0 Å². The maximum absolute atomic E-state index is 12.6. The molecule has 2 atom stereocenters. The molecule has 2 unspecified atom stereocenters. The van der Waals surface area contributed by atoms with Gasteiger partial charge in [0.15, 0.2) is 0 Å². The summed E-state index contributed by atoms with van der Waals surface area (Å²) in [5.74, 6) is -0.246. The quantitative estimate of drug-likeness (QED) is 0.801. The third kappa shape index (κ3) is 1.92. The van der Waals surface area contributed by atoms with E-state index in [4.69, 9.17) is 0 Å². The van der Waals surface area contributed by atoms with Gasteiger partial charge >= 0.3 is 0 Å². The van der Waals surface area contributed by atoms with Crippen LogP contribution in [0.15, 0.2) is 17.5 Å². The predicted molar refractivity (Wildman–Crippen MR) is 75.2 cm³/mol. The molecule has 5 heteroatoms. The van der Waals surface area contributed by atoms with Crippen LogP contribution in [0.1, 0.15) is 31.1 Å². The smallest absolute Gasteiger partial charge is 0.242 e. The Morgan fingerprint density at radius 1 is 1.50 bits per heavy atom. The van der Waals surface area contributed by atoms with Gasteiger partial charge in [-0.05, 0) is 30.2 Å². The van der Waals surface area contributed by atoms with Crippen LogP contribution in [-0.4, -0.2) is 29.0 Å². The Labute approximate surface area is 121 Å². The van der Waals surface area contributed by atoms with Crippen LogP contribution in [0.25, 0.3) is 0 Å². The van der Waals surface area contributed by atoms with E-state index in [1.807, 2.05) is 24.4 Å². The normalized spacial score (nSPS) is 29.1. The minimum atomic E-state index is -0.909. The number of imide groups is 1. The highest BCUT2D eigenvalue weighted by Crippen LogP contribution is 2.47. The van der Waals surface area contributed by atoms with Gasteiger partial charge in [-0.3, -0.25) is 19.3 Å². The van der Waals surface area contributed by atoms with E-state index in [9.17, 15) is 14.4 Å². The Morgan fingerprint density at radius 3 is 2.95 bits per heavy atom. The Hall–Kier alpha value is -1.49. The van der Waals surface area contributed by atoms with Crippen LogP contribution in [0.4, 0.5) is 0 Å². The van der Waals surface area contributed by atoms with Gasteiger partial charge in [-0.25, -0.2) is 0 Å². The molecule has 0 spiro atoms. The SMILES string of the molecule is CCC12CC(CC1=O)CN(C(=O)Cc1cccs1)C2=O. The number of nitrogens with zero attached hydrogens (tertiary/aromatic N) is 1. The highest BCUT2D eigenvalue weighted by atomic mass is 32.1. The average molecular weight is 291 g/mol. The topological polar surface area (TPSA) is 54.5 Å². The second-order valence-corrected chi connectivity index (χ2v) is 6.73. The molecule has 1 aliphatic heterocycles. The van der Waals surface area contributed by atoms with E-state index < -0.39 is 5.41 Å². The molecule has 20 heavy (non-hydrogen) atoms. The summed E-state index contributed by atoms with van der Waals surface area (Å²) in [6.45, 7) is 2.28. The van der Waals surface area contributed by atoms with E-state index in [1.54, 1.807) is 0 Å². The Kier molecular flexibility index (Phi) is 3.24. The zero-order valence-electron chi connectivity index (χ0n) is 11.4. The van der Waals surface area contributed by atoms with Crippen LogP contribution in [0.3, 0.4) is 0 Å². The van der Waals surface area contributed by atoms with Crippen molar-refractivity contribution in [1.82, 2.24) is 4.90 Å². The van der Waals surface area contributed by atoms with Crippen molar-refractivity contribution in [2.45, 2.75) is 32.6 Å². The molecule has 1 aromatic rings. The zero-order valence-corrected chi connectivity index (χ0v) is 12.2. The van der Waals surface area contributed by atoms with Gasteiger partial charge in [0.1, 0.15) is 11.2 Å². The van der Waals surface area contributed by atoms with Crippen LogP contribution < -0.4 is 0 Å². The second-order valence-electron chi connectivity index (χ2n) is 5.70. The number of carbonyl (C=O) groups excluding carboxylic acids is 3. The summed E-state index contributed by atoms with van der Waals surface area (Å²) < 4.78 is 0. The Balaban J connectivity index is 1.83. The summed E-state index contributed by atoms with van der Waals surface area (Å²) in [5.41, 5.74) is -0.909. The molecule has 1 saturated heterocycles. The summed E-state index contributed by atoms with van der Waals surface area (Å²) >= 11 is 1.51. The van der Waals surface area contributed by atoms with Gasteiger partial charge < -0.3 is 0 Å². The number of hydrogen-bond donors (Lipinski definition) is 0. The van der Waals surface area contributed by atoms with Crippen LogP contribution in [0.5, 0.6) is 0 Å². The van der Waals surface area contributed by atoms with Crippen LogP contribution in [0.2, 0.25) is 0 Å². The summed E-state index contributed by atoms with van der Waals surface area (Å²) in [5, 5.41) is 1.92. The van der Waals surface area contributed by atoms with Gasteiger partial charge in [0.25, 0.3) is 0 Å². The molecule has 1 aliphatic carbocycles. The first-order valence-corrected chi connectivity index (χ1v) is 7.85. The summed E-state index contributed by atoms with van der Waals surface area (Å²) in [6, 6.07) is 3.79. The van der Waals surface area contributed by atoms with Crippen molar-refractivity contribution in [2.75, 3.05) is 6.54 Å². The lowest BCUT2D eigenvalue weighted by molar-refractivity contribution is -0.157. The van der Waals surface area contributed by atoms with Crippen molar-refractivity contribution < 1.29 is 14.4 Å². The van der Waals surface area contributed by atoms with E-state index in [2.05, 4.69) is 0 Å². The van der Waals surface area contributed by atoms with Crippen molar-refractivity contribution in [3.8, 4) is 0 Å². The minimum Gasteiger partial charge on any atom is -0.298 e. The van der Waals surface area contributed by atoms with Gasteiger partial charge in [-0.2, -0.15) is 0 Å². The minimum absolute atomic E-state index is 0.0291. The van der Waals surface area contributed by atoms with Crippen LogP contribution >= 0.6 is 11.3 Å². The second kappa shape index (κ2) is 4.81. The van der Waals surface area contributed by atoms with E-state index in [-0.39, 0.29) is 29.9 Å². The van der Waals surface area contributed by atoms with Crippen molar-refractivity contribution in [3.63, 3.8) is 0 Å². The molecule has 0 N–H and O–H groups in total. The van der Waals surface area contributed by atoms with E-state index in [0.717, 1.165) is 4.88 Å². The maximum atomic E-state index is 12.6. The van der Waals surface area contributed by atoms with Crippen LogP contribution in [0, 0.1) is 11.3 Å². The summed E-state index contributed by atoms with van der Waals surface area (Å²) in [4.78, 5) is 39.4. The monoisotopic (exact) mass is 291 g/mol. The third-order valence-corrected chi connectivity index (χ3v) is 5.43. The number of fused-ring (bicyclic) bond motifs is 2. The lowest BCUT2D eigenvalue weighted by Gasteiger charge is -2.36. The summed E-state index contributed by atoms with van der Waals surface area (Å²) in [7, 11) is 0. The molecule has 1 aromatic heterocycles. The maximum Gasteiger partial charge on any atom is 0.242 e. The van der Waals surface area contributed by atoms with Gasteiger partial charge in [-0.15, -0.1) is 11.3 Å². The molecule has 1 saturated carbocycles. The first-order valence-electron chi connectivity index (χ1n) is 6.97. The number of carbonyl (C=O) groups is 3. The number of hydrogen-bond acceptors (Lipinski definition) is 4. The molecule has 3 rings (SSSR count). The largest absolute Gasteiger partial charge is 0.298 e. The van der Waals surface area contributed by atoms with Crippen molar-refractivity contribution in [2.24, 2.45) is 11.3 Å². The van der Waals surface area contributed by atoms with Crippen LogP contribution in [-0.2, 0) is 20.8 Å². The first kappa shape index (κ1) is 13.5. The van der Waals surface area contributed by atoms with Gasteiger partial charge in [0, 0.05) is 17.8 Å². The third-order valence-electron chi connectivity index (χ3n) is 4.55. The highest BCUT2D eigenvalue weighted by molar-refractivity contribution is 7.10. The molecule has 2 aliphatic rings. The molecule has 0 aromatic carbocycles. The van der Waals surface area contributed by atoms with Crippen molar-refractivity contribution >= 4 is 28.9 Å². The molecule has 2 heterocycles. The molecule has 106 valence electrons. The zero-order chi connectivity index (χ0) is 14.3. The van der Waals surface area contributed by atoms with E-state index in [0.29, 0.717) is 25.8 Å². The lowest BCUT2D eigenvalue weighted by atomic mass is 9.78. The predicted octanol–water partition coefficient (Wildman–Crippen LogP) is 2.03. The fourth-order valence-electron chi connectivity index (χ4n) is 3.44. The standard InChI is InChI=1S/C15H17NO3S/c1-2-15-8-10(6-12(15)17)9-16(14(15)19)13(18)7-11-4-3-5-20-11/h3-5,10H,2,6-9H2,1H3. The molecular weight excluding hydrogens is 274 g/mol. The Morgan fingerprint density at radius 2 is 2.30 bits per heavy atom. The molecule has 4 nitrogen and oxygen atoms in total. The Bertz CT molecular complexity index is 566. The van der Waals surface area contributed by atoms with E-state index >= 15 is 0 Å². The van der Waals surface area contributed by atoms with Crippen molar-refractivity contribution in [3.05, 3.63) is 22.4 Å². The number of ketones is 1. The lowest BCUT2D eigenvalue weighted by Crippen LogP contribution is -2.52. The fraction of sp³-hybridized carbons (Fsp3) is 0.533. The molecular formula is C15H17NO3S. The fourth-order valence-corrected chi connectivity index (χ4v) is 4.13. The number of rotatable bonds is 3. The summed E-state index contributed by atoms with van der Waals surface area (Å²) in [6.07, 6.45) is 1.83. The molecule has 2 bridgehead atoms. The number of Topliss-reactive ketones (excluding diaryl/α,β-unsaturated/α-hetero) is 1. The number of thiophene rings is 1. The molecule has 2 fully saturated rings. The van der Waals surface area contributed by atoms with Gasteiger partial charge in [-0.1, -0.05) is 13.0 Å². The van der Waals surface area contributed by atoms with Gasteiger partial charge in [0.2, 0.25) is 11.8 Å².